The van der Waals surface area contributed by atoms with Crippen LogP contribution in [0.25, 0.3) is 0 Å². The first kappa shape index (κ1) is 61.2. The molecule has 0 bridgehead atoms. The van der Waals surface area contributed by atoms with Crippen LogP contribution >= 0.6 is 15.6 Å². The molecule has 0 heterocycles. The summed E-state index contributed by atoms with van der Waals surface area (Å²) in [6.45, 7) is 3.70. The zero-order valence-corrected chi connectivity index (χ0v) is 41.5. The first-order chi connectivity index (χ1) is 30.9. The van der Waals surface area contributed by atoms with Crippen LogP contribution in [-0.4, -0.2) is 98.6 Å². The Morgan fingerprint density at radius 2 is 1.23 bits per heavy atom. The van der Waals surface area contributed by atoms with Gasteiger partial charge in [0.15, 0.2) is 6.10 Å². The lowest BCUT2D eigenvalue weighted by molar-refractivity contribution is -0.161. The average Bonchev–Trinajstić information content (AvgIpc) is 3.51. The summed E-state index contributed by atoms with van der Waals surface area (Å²) < 4.78 is 47.9. The topological polar surface area (TPSA) is 253 Å². The minimum atomic E-state index is -4.90. The molecular weight excluding hydrogens is 882 g/mol. The van der Waals surface area contributed by atoms with Crippen molar-refractivity contribution in [2.75, 3.05) is 26.4 Å². The third kappa shape index (κ3) is 35.0. The number of hydrogen-bond donors (Lipinski definition) is 6. The Morgan fingerprint density at radius 3 is 1.82 bits per heavy atom. The molecule has 1 aliphatic carbocycles. The highest BCUT2D eigenvalue weighted by molar-refractivity contribution is 7.47. The molecular formula is C47H86O16P2. The quantitative estimate of drug-likeness (QED) is 0.0144. The Hall–Kier alpha value is -1.81. The molecule has 1 aliphatic rings. The highest BCUT2D eigenvalue weighted by atomic mass is 31.2. The van der Waals surface area contributed by atoms with Crippen LogP contribution in [-0.2, 0) is 46.6 Å². The maximum absolute atomic E-state index is 12.8. The van der Waals surface area contributed by atoms with E-state index in [2.05, 4.69) is 29.8 Å². The van der Waals surface area contributed by atoms with Gasteiger partial charge in [0.2, 0.25) is 0 Å². The van der Waals surface area contributed by atoms with Crippen molar-refractivity contribution in [3.8, 4) is 0 Å². The van der Waals surface area contributed by atoms with Crippen LogP contribution in [0.4, 0.5) is 0 Å². The molecule has 0 aromatic rings. The molecule has 1 rings (SSSR count). The molecule has 0 aromatic heterocycles. The van der Waals surface area contributed by atoms with E-state index < -0.39 is 90.3 Å². The lowest BCUT2D eigenvalue weighted by Gasteiger charge is -2.20. The number of ether oxygens (including phenoxy) is 2. The first-order valence-electron chi connectivity index (χ1n) is 24.5. The molecule has 0 radical (unpaired) electrons. The predicted octanol–water partition coefficient (Wildman–Crippen LogP) is 9.51. The third-order valence-corrected chi connectivity index (χ3v) is 12.8. The van der Waals surface area contributed by atoms with Gasteiger partial charge in [-0.3, -0.25) is 28.0 Å². The van der Waals surface area contributed by atoms with Gasteiger partial charge in [-0.15, -0.1) is 0 Å². The summed E-state index contributed by atoms with van der Waals surface area (Å²) >= 11 is 0. The van der Waals surface area contributed by atoms with Gasteiger partial charge in [-0.25, -0.2) is 9.13 Å². The molecule has 7 atom stereocenters. The average molecular weight is 969 g/mol. The monoisotopic (exact) mass is 969 g/mol. The van der Waals surface area contributed by atoms with Crippen molar-refractivity contribution in [1.82, 2.24) is 0 Å². The predicted molar refractivity (Wildman–Crippen MR) is 249 cm³/mol. The van der Waals surface area contributed by atoms with Gasteiger partial charge in [0.05, 0.1) is 32.0 Å². The number of unbranched alkanes of at least 4 members (excludes halogenated alkanes) is 17. The van der Waals surface area contributed by atoms with Gasteiger partial charge in [-0.05, 0) is 38.0 Å². The Bertz CT molecular complexity index is 1420. The van der Waals surface area contributed by atoms with E-state index in [1.54, 1.807) is 12.2 Å². The maximum atomic E-state index is 12.8. The summed E-state index contributed by atoms with van der Waals surface area (Å²) in [7, 11) is -9.78. The number of carbonyl (C=O) groups excluding carboxylic acids is 3. The largest absolute Gasteiger partial charge is 0.472 e. The van der Waals surface area contributed by atoms with Crippen LogP contribution in [0.15, 0.2) is 24.3 Å². The fourth-order valence-electron chi connectivity index (χ4n) is 7.57. The number of phosphoric acid groups is 2. The molecule has 1 saturated carbocycles. The molecule has 1 fully saturated rings. The second-order valence-electron chi connectivity index (χ2n) is 18.0. The minimum Gasteiger partial charge on any atom is -0.462 e. The zero-order valence-electron chi connectivity index (χ0n) is 39.7. The molecule has 0 spiro atoms. The van der Waals surface area contributed by atoms with E-state index in [0.717, 1.165) is 44.4 Å². The van der Waals surface area contributed by atoms with Gasteiger partial charge < -0.3 is 39.5 Å². The molecule has 18 heteroatoms. The number of aliphatic hydroxyl groups is 3. The number of ketones is 1. The molecule has 6 N–H and O–H groups in total. The number of rotatable bonds is 42. The molecule has 1 unspecified atom stereocenters. The van der Waals surface area contributed by atoms with Gasteiger partial charge in [-0.1, -0.05) is 161 Å². The van der Waals surface area contributed by atoms with E-state index in [1.807, 2.05) is 12.2 Å². The summed E-state index contributed by atoms with van der Waals surface area (Å²) in [5.74, 6) is -1.29. The number of hydrogen-bond acceptors (Lipinski definition) is 13. The summed E-state index contributed by atoms with van der Waals surface area (Å²) in [5, 5.41) is 30.5. The number of allylic oxidation sites excluding steroid dienone is 2. The van der Waals surface area contributed by atoms with Crippen LogP contribution in [0, 0.1) is 17.8 Å². The normalized spacial score (nSPS) is 19.3. The van der Waals surface area contributed by atoms with Crippen molar-refractivity contribution >= 4 is 33.4 Å². The van der Waals surface area contributed by atoms with Gasteiger partial charge >= 0.3 is 27.6 Å². The second-order valence-corrected chi connectivity index (χ2v) is 20.7. The number of Topliss-reactive ketones (excluding diaryl/α,β-unsaturated/α-hetero) is 1. The zero-order chi connectivity index (χ0) is 48.4. The SMILES string of the molecule is CCCCC[C@H](O)/C=C/[C@H]1[C@H](O)CC(=O)[C@@H]1C/C=C\CCCC(=O)O[C@H](COC(=O)CCCCCCCCCCCCCCCCCC(C)C)COP(=O)(O)OC[C@@H](O)COP(=O)(O)O. The fourth-order valence-corrected chi connectivity index (χ4v) is 8.73. The van der Waals surface area contributed by atoms with Gasteiger partial charge in [0.1, 0.15) is 18.5 Å². The van der Waals surface area contributed by atoms with Crippen molar-refractivity contribution in [1.29, 1.82) is 0 Å². The smallest absolute Gasteiger partial charge is 0.462 e. The fraction of sp³-hybridized carbons (Fsp3) is 0.851. The van der Waals surface area contributed by atoms with E-state index in [4.69, 9.17) is 23.8 Å². The molecule has 0 amide bonds. The number of aliphatic hydroxyl groups excluding tert-OH is 3. The lowest BCUT2D eigenvalue weighted by Crippen LogP contribution is -2.29. The number of phosphoric ester groups is 2. The van der Waals surface area contributed by atoms with Crippen molar-refractivity contribution in [3.05, 3.63) is 24.3 Å². The summed E-state index contributed by atoms with van der Waals surface area (Å²) in [6.07, 6.45) is 26.8. The van der Waals surface area contributed by atoms with Crippen LogP contribution in [0.3, 0.4) is 0 Å². The van der Waals surface area contributed by atoms with Crippen molar-refractivity contribution < 1.29 is 76.6 Å². The number of carbonyl (C=O) groups is 3. The van der Waals surface area contributed by atoms with Crippen molar-refractivity contribution in [3.63, 3.8) is 0 Å². The second kappa shape index (κ2) is 37.1. The Kier molecular flexibility index (Phi) is 35.0. The molecule has 0 aliphatic heterocycles. The Morgan fingerprint density at radius 1 is 0.692 bits per heavy atom. The Balaban J connectivity index is 2.51. The maximum Gasteiger partial charge on any atom is 0.472 e. The van der Waals surface area contributed by atoms with Crippen LogP contribution in [0.2, 0.25) is 0 Å². The highest BCUT2D eigenvalue weighted by Gasteiger charge is 2.39. The van der Waals surface area contributed by atoms with Gasteiger partial charge in [-0.2, -0.15) is 0 Å². The van der Waals surface area contributed by atoms with Crippen LogP contribution < -0.4 is 0 Å². The van der Waals surface area contributed by atoms with Gasteiger partial charge in [0, 0.05) is 31.1 Å². The van der Waals surface area contributed by atoms with Crippen LogP contribution in [0.1, 0.15) is 188 Å². The lowest BCUT2D eigenvalue weighted by atomic mass is 9.90. The standard InChI is InChI=1S/C47H86O16P2/c1-4-5-21-27-39(48)31-32-43-42(44(50)33-45(43)51)28-23-19-20-25-30-47(53)63-41(37-62-65(57,58)61-35-40(49)34-60-64(54,55)56)36-59-46(52)29-24-18-16-14-12-10-8-6-7-9-11-13-15-17-22-26-38(2)3/h19,23,31-32,38-43,45,48-49,51H,4-18,20-22,24-30,33-37H2,1-3H3,(H,57,58)(H2,54,55,56)/b23-19-,32-31+/t39-,40-,41+,42+,43+,45+/m0/s1. The van der Waals surface area contributed by atoms with Gasteiger partial charge in [0.25, 0.3) is 0 Å². The van der Waals surface area contributed by atoms with E-state index in [1.165, 1.54) is 77.0 Å². The van der Waals surface area contributed by atoms with E-state index in [0.29, 0.717) is 32.1 Å². The highest BCUT2D eigenvalue weighted by Crippen LogP contribution is 2.44. The van der Waals surface area contributed by atoms with E-state index in [-0.39, 0.29) is 25.0 Å². The summed E-state index contributed by atoms with van der Waals surface area (Å²) in [6, 6.07) is 0. The minimum absolute atomic E-state index is 0.0483. The number of esters is 2. The molecule has 16 nitrogen and oxygen atoms in total. The third-order valence-electron chi connectivity index (χ3n) is 11.4. The van der Waals surface area contributed by atoms with Crippen molar-refractivity contribution in [2.45, 2.75) is 212 Å². The van der Waals surface area contributed by atoms with Crippen molar-refractivity contribution in [2.24, 2.45) is 17.8 Å². The Labute approximate surface area is 389 Å². The molecule has 0 saturated heterocycles. The molecule has 0 aromatic carbocycles. The van der Waals surface area contributed by atoms with Crippen LogP contribution in [0.5, 0.6) is 0 Å². The van der Waals surface area contributed by atoms with E-state index >= 15 is 0 Å². The summed E-state index contributed by atoms with van der Waals surface area (Å²) in [5.41, 5.74) is 0. The summed E-state index contributed by atoms with van der Waals surface area (Å²) in [4.78, 5) is 65.6. The molecule has 65 heavy (non-hydrogen) atoms. The molecule has 380 valence electrons. The first-order valence-corrected chi connectivity index (χ1v) is 27.5. The van der Waals surface area contributed by atoms with E-state index in [9.17, 15) is 43.7 Å².